The van der Waals surface area contributed by atoms with E-state index in [9.17, 15) is 4.79 Å². The minimum absolute atomic E-state index is 0.0979. The number of fused-ring (bicyclic) bond motifs is 1. The molecule has 0 bridgehead atoms. The summed E-state index contributed by atoms with van der Waals surface area (Å²) in [5, 5.41) is 8.50. The van der Waals surface area contributed by atoms with Gasteiger partial charge in [0.15, 0.2) is 5.82 Å². The fraction of sp³-hybridized carbons (Fsp3) is 0.0952. The molecule has 1 N–H and O–H groups in total. The number of nitrogens with zero attached hydrogens (tertiary/aromatic N) is 3. The first-order valence-corrected chi connectivity index (χ1v) is 9.35. The molecule has 134 valence electrons. The predicted octanol–water partition coefficient (Wildman–Crippen LogP) is 4.67. The van der Waals surface area contributed by atoms with Crippen molar-refractivity contribution in [2.45, 2.75) is 13.3 Å². The van der Waals surface area contributed by atoms with Gasteiger partial charge in [-0.3, -0.25) is 4.79 Å². The Bertz CT molecular complexity index is 1120. The summed E-state index contributed by atoms with van der Waals surface area (Å²) in [4.78, 5) is 17.2. The van der Waals surface area contributed by atoms with Crippen molar-refractivity contribution >= 4 is 38.6 Å². The SMILES string of the molecule is Cc1cc(NC(=O)Cc2ccc(Br)cc2)n(-c2ccc3ccccc3n2)n1. The van der Waals surface area contributed by atoms with Crippen LogP contribution in [0.5, 0.6) is 0 Å². The molecule has 0 radical (unpaired) electrons. The number of hydrogen-bond acceptors (Lipinski definition) is 3. The number of pyridine rings is 1. The number of carbonyl (C=O) groups is 1. The van der Waals surface area contributed by atoms with E-state index in [1.807, 2.05) is 73.7 Å². The zero-order valence-electron chi connectivity index (χ0n) is 14.7. The lowest BCUT2D eigenvalue weighted by atomic mass is 10.1. The molecule has 1 amide bonds. The molecular weight excluding hydrogens is 404 g/mol. The lowest BCUT2D eigenvalue weighted by Crippen LogP contribution is -2.17. The van der Waals surface area contributed by atoms with Gasteiger partial charge in [0.2, 0.25) is 5.91 Å². The van der Waals surface area contributed by atoms with Crippen LogP contribution in [0.2, 0.25) is 0 Å². The molecule has 0 aliphatic heterocycles. The van der Waals surface area contributed by atoms with Crippen LogP contribution in [0.1, 0.15) is 11.3 Å². The molecule has 2 aromatic heterocycles. The Labute approximate surface area is 165 Å². The number of rotatable bonds is 4. The Morgan fingerprint density at radius 3 is 2.67 bits per heavy atom. The highest BCUT2D eigenvalue weighted by atomic mass is 79.9. The average Bonchev–Trinajstić information content (AvgIpc) is 3.03. The summed E-state index contributed by atoms with van der Waals surface area (Å²) in [6.07, 6.45) is 0.294. The van der Waals surface area contributed by atoms with E-state index in [1.54, 1.807) is 4.68 Å². The number of aryl methyl sites for hydroxylation is 1. The Morgan fingerprint density at radius 1 is 1.07 bits per heavy atom. The maximum atomic E-state index is 12.5. The minimum Gasteiger partial charge on any atom is -0.310 e. The first-order valence-electron chi connectivity index (χ1n) is 8.55. The molecule has 0 saturated heterocycles. The second kappa shape index (κ2) is 7.32. The van der Waals surface area contributed by atoms with Gasteiger partial charge in [-0.1, -0.05) is 46.3 Å². The number of anilines is 1. The third-order valence-corrected chi connectivity index (χ3v) is 4.71. The Hall–Kier alpha value is -2.99. The summed E-state index contributed by atoms with van der Waals surface area (Å²) in [5.41, 5.74) is 2.64. The zero-order valence-corrected chi connectivity index (χ0v) is 16.3. The summed E-state index contributed by atoms with van der Waals surface area (Å²) >= 11 is 3.40. The highest BCUT2D eigenvalue weighted by Gasteiger charge is 2.13. The standard InChI is InChI=1S/C21H17BrN4O/c1-14-12-20(24-21(27)13-15-6-9-17(22)10-7-15)26(25-14)19-11-8-16-4-2-3-5-18(16)23-19/h2-12H,13H2,1H3,(H,24,27). The van der Waals surface area contributed by atoms with E-state index in [0.717, 1.165) is 26.6 Å². The van der Waals surface area contributed by atoms with E-state index in [1.165, 1.54) is 0 Å². The van der Waals surface area contributed by atoms with Crippen molar-refractivity contribution in [3.8, 4) is 5.82 Å². The summed E-state index contributed by atoms with van der Waals surface area (Å²) < 4.78 is 2.66. The molecule has 0 fully saturated rings. The van der Waals surface area contributed by atoms with Crippen LogP contribution in [0.15, 0.2) is 71.2 Å². The molecule has 0 unspecified atom stereocenters. The van der Waals surface area contributed by atoms with Crippen molar-refractivity contribution in [3.05, 3.63) is 82.5 Å². The van der Waals surface area contributed by atoms with Crippen LogP contribution in [-0.2, 0) is 11.2 Å². The fourth-order valence-electron chi connectivity index (χ4n) is 2.91. The molecule has 0 aliphatic rings. The van der Waals surface area contributed by atoms with Crippen LogP contribution in [0.4, 0.5) is 5.82 Å². The number of aromatic nitrogens is 3. The topological polar surface area (TPSA) is 59.8 Å². The van der Waals surface area contributed by atoms with Gasteiger partial charge in [-0.2, -0.15) is 9.78 Å². The monoisotopic (exact) mass is 420 g/mol. The molecule has 6 heteroatoms. The van der Waals surface area contributed by atoms with Gasteiger partial charge in [0.25, 0.3) is 0 Å². The molecule has 2 heterocycles. The van der Waals surface area contributed by atoms with Crippen LogP contribution < -0.4 is 5.32 Å². The van der Waals surface area contributed by atoms with Crippen LogP contribution in [0.25, 0.3) is 16.7 Å². The number of carbonyl (C=O) groups excluding carboxylic acids is 1. The minimum atomic E-state index is -0.0979. The smallest absolute Gasteiger partial charge is 0.229 e. The van der Waals surface area contributed by atoms with Crippen LogP contribution in [0.3, 0.4) is 0 Å². The maximum Gasteiger partial charge on any atom is 0.229 e. The van der Waals surface area contributed by atoms with Crippen molar-refractivity contribution in [1.82, 2.24) is 14.8 Å². The van der Waals surface area contributed by atoms with E-state index in [0.29, 0.717) is 18.1 Å². The summed E-state index contributed by atoms with van der Waals surface area (Å²) in [6.45, 7) is 1.89. The molecule has 4 aromatic rings. The Kier molecular flexibility index (Phi) is 4.73. The van der Waals surface area contributed by atoms with E-state index in [2.05, 4.69) is 31.3 Å². The largest absolute Gasteiger partial charge is 0.310 e. The molecule has 0 spiro atoms. The Balaban J connectivity index is 1.60. The molecular formula is C21H17BrN4O. The number of halogens is 1. The van der Waals surface area contributed by atoms with E-state index in [4.69, 9.17) is 0 Å². The lowest BCUT2D eigenvalue weighted by Gasteiger charge is -2.09. The molecule has 0 aliphatic carbocycles. The normalized spacial score (nSPS) is 10.9. The van der Waals surface area contributed by atoms with Gasteiger partial charge in [-0.25, -0.2) is 4.98 Å². The maximum absolute atomic E-state index is 12.5. The molecule has 0 atom stereocenters. The van der Waals surface area contributed by atoms with E-state index in [-0.39, 0.29) is 5.91 Å². The molecule has 4 rings (SSSR count). The van der Waals surface area contributed by atoms with Gasteiger partial charge >= 0.3 is 0 Å². The molecule has 0 saturated carbocycles. The second-order valence-electron chi connectivity index (χ2n) is 6.30. The first kappa shape index (κ1) is 17.4. The van der Waals surface area contributed by atoms with E-state index >= 15 is 0 Å². The second-order valence-corrected chi connectivity index (χ2v) is 7.21. The summed E-state index contributed by atoms with van der Waals surface area (Å²) in [5.74, 6) is 1.18. The third-order valence-electron chi connectivity index (χ3n) is 4.18. The zero-order chi connectivity index (χ0) is 18.8. The van der Waals surface area contributed by atoms with Crippen LogP contribution in [0, 0.1) is 6.92 Å². The number of amides is 1. The van der Waals surface area contributed by atoms with Crippen LogP contribution in [-0.4, -0.2) is 20.7 Å². The highest BCUT2D eigenvalue weighted by molar-refractivity contribution is 9.10. The molecule has 2 aromatic carbocycles. The quantitative estimate of drug-likeness (QED) is 0.521. The average molecular weight is 421 g/mol. The predicted molar refractivity (Wildman–Crippen MR) is 110 cm³/mol. The first-order chi connectivity index (χ1) is 13.1. The van der Waals surface area contributed by atoms with Gasteiger partial charge in [0, 0.05) is 15.9 Å². The third kappa shape index (κ3) is 3.90. The van der Waals surface area contributed by atoms with Crippen molar-refractivity contribution in [2.24, 2.45) is 0 Å². The number of benzene rings is 2. The van der Waals surface area contributed by atoms with Gasteiger partial charge in [0.1, 0.15) is 5.82 Å². The number of hydrogen-bond donors (Lipinski definition) is 1. The van der Waals surface area contributed by atoms with Crippen molar-refractivity contribution in [3.63, 3.8) is 0 Å². The number of para-hydroxylation sites is 1. The fourth-order valence-corrected chi connectivity index (χ4v) is 3.18. The molecule has 27 heavy (non-hydrogen) atoms. The Morgan fingerprint density at radius 2 is 1.85 bits per heavy atom. The van der Waals surface area contributed by atoms with Crippen molar-refractivity contribution in [2.75, 3.05) is 5.32 Å². The van der Waals surface area contributed by atoms with Crippen LogP contribution >= 0.6 is 15.9 Å². The van der Waals surface area contributed by atoms with Gasteiger partial charge in [0.05, 0.1) is 17.6 Å². The van der Waals surface area contributed by atoms with Crippen molar-refractivity contribution < 1.29 is 4.79 Å². The lowest BCUT2D eigenvalue weighted by molar-refractivity contribution is -0.115. The summed E-state index contributed by atoms with van der Waals surface area (Å²) in [6, 6.07) is 21.4. The summed E-state index contributed by atoms with van der Waals surface area (Å²) in [7, 11) is 0. The highest BCUT2D eigenvalue weighted by Crippen LogP contribution is 2.19. The van der Waals surface area contributed by atoms with Gasteiger partial charge in [-0.05, 0) is 42.8 Å². The van der Waals surface area contributed by atoms with Gasteiger partial charge < -0.3 is 5.32 Å². The number of nitrogens with one attached hydrogen (secondary N) is 1. The van der Waals surface area contributed by atoms with Crippen molar-refractivity contribution in [1.29, 1.82) is 0 Å². The molecule has 5 nitrogen and oxygen atoms in total. The van der Waals surface area contributed by atoms with Gasteiger partial charge in [-0.15, -0.1) is 0 Å². The van der Waals surface area contributed by atoms with E-state index < -0.39 is 0 Å².